The minimum atomic E-state index is -5.00. The number of ether oxygens (including phenoxy) is 1. The van der Waals surface area contributed by atoms with Crippen molar-refractivity contribution in [2.24, 2.45) is 0 Å². The van der Waals surface area contributed by atoms with Gasteiger partial charge in [-0.3, -0.25) is 23.9 Å². The highest BCUT2D eigenvalue weighted by Crippen LogP contribution is 2.43. The predicted molar refractivity (Wildman–Crippen MR) is 185 cm³/mol. The Morgan fingerprint density at radius 1 is 0.981 bits per heavy atom. The summed E-state index contributed by atoms with van der Waals surface area (Å²) >= 11 is 0. The van der Waals surface area contributed by atoms with Crippen molar-refractivity contribution in [1.29, 1.82) is 0 Å². The molecule has 0 spiro atoms. The van der Waals surface area contributed by atoms with Gasteiger partial charge in [0.05, 0.1) is 23.6 Å². The van der Waals surface area contributed by atoms with Gasteiger partial charge in [0, 0.05) is 48.6 Å². The first-order valence-electron chi connectivity index (χ1n) is 17.1. The number of amides is 1. The number of pyridine rings is 1. The average molecular weight is 758 g/mol. The molecule has 2 unspecified atom stereocenters. The van der Waals surface area contributed by atoms with Gasteiger partial charge in [0.2, 0.25) is 5.91 Å². The van der Waals surface area contributed by atoms with Gasteiger partial charge < -0.3 is 20.3 Å². The second-order valence-electron chi connectivity index (χ2n) is 14.3. The lowest BCUT2D eigenvalue weighted by molar-refractivity contribution is -0.139. The minimum absolute atomic E-state index is 0.00612. The number of aromatic nitrogens is 1. The van der Waals surface area contributed by atoms with E-state index in [2.05, 4.69) is 5.32 Å². The lowest BCUT2D eigenvalue weighted by Crippen LogP contribution is -2.49. The van der Waals surface area contributed by atoms with Crippen molar-refractivity contribution in [1.82, 2.24) is 14.8 Å². The highest BCUT2D eigenvalue weighted by atomic mass is 19.4. The molecule has 1 saturated heterocycles. The third-order valence-corrected chi connectivity index (χ3v) is 9.74. The number of hydrogen-bond donors (Lipinski definition) is 3. The molecule has 1 fully saturated rings. The number of hydrogen-bond acceptors (Lipinski definition) is 6. The van der Waals surface area contributed by atoms with Crippen LogP contribution in [0.4, 0.5) is 26.3 Å². The third kappa shape index (κ3) is 7.73. The number of fused-ring (bicyclic) bond motifs is 6. The van der Waals surface area contributed by atoms with Crippen LogP contribution in [0.1, 0.15) is 71.3 Å². The number of aryl methyl sites for hydroxylation is 2. The topological polar surface area (TPSA) is 121 Å². The molecule has 2 atom stereocenters. The van der Waals surface area contributed by atoms with E-state index in [-0.39, 0.29) is 54.7 Å². The first-order valence-corrected chi connectivity index (χ1v) is 17.1. The molecule has 0 radical (unpaired) electrons. The Labute approximate surface area is 305 Å². The fraction of sp³-hybridized carbons (Fsp3) is 0.359. The van der Waals surface area contributed by atoms with E-state index in [9.17, 15) is 42.2 Å². The van der Waals surface area contributed by atoms with Crippen LogP contribution in [0.25, 0.3) is 11.1 Å². The Morgan fingerprint density at radius 3 is 2.31 bits per heavy atom. The van der Waals surface area contributed by atoms with E-state index in [0.717, 1.165) is 18.3 Å². The molecule has 2 aliphatic rings. The standard InChI is InChI=1S/C39H37F6N3O6/c1-19-10-23(38(3,4)53)12-31-34(19)22-9-20(2)35(42)27(11-22)30(15-33(50)51)46-37(52)36(26-13-25(54-31)5-6-29(26)41)48-16-21(7-8-47-17-24(40)18-47)28(14-32(48)49)39(43,44)45/h5-6,9-14,16,24,30,36,53H,7-8,15,17-18H2,1-4H3,(H,46,52)(H,50,51). The summed E-state index contributed by atoms with van der Waals surface area (Å²) in [4.78, 5) is 41.7. The zero-order chi connectivity index (χ0) is 39.4. The van der Waals surface area contributed by atoms with Crippen molar-refractivity contribution >= 4 is 11.9 Å². The molecular formula is C39H37F6N3O6. The maximum absolute atomic E-state index is 16.0. The molecule has 0 aliphatic carbocycles. The van der Waals surface area contributed by atoms with Crippen LogP contribution in [0.2, 0.25) is 0 Å². The van der Waals surface area contributed by atoms with Gasteiger partial charge in [0.1, 0.15) is 35.3 Å². The first-order chi connectivity index (χ1) is 25.2. The van der Waals surface area contributed by atoms with E-state index in [0.29, 0.717) is 26.8 Å². The van der Waals surface area contributed by atoms with E-state index in [1.54, 1.807) is 31.7 Å². The van der Waals surface area contributed by atoms with Gasteiger partial charge in [0.25, 0.3) is 5.56 Å². The number of nitrogens with zero attached hydrogens (tertiary/aromatic N) is 2. The highest BCUT2D eigenvalue weighted by molar-refractivity contribution is 5.85. The molecule has 1 aromatic heterocycles. The Hall–Kier alpha value is -5.15. The van der Waals surface area contributed by atoms with E-state index in [1.807, 2.05) is 0 Å². The van der Waals surface area contributed by atoms with Crippen LogP contribution in [0.3, 0.4) is 0 Å². The normalized spacial score (nSPS) is 18.0. The van der Waals surface area contributed by atoms with E-state index in [1.165, 1.54) is 31.2 Å². The number of halogens is 6. The van der Waals surface area contributed by atoms with Gasteiger partial charge in [-0.2, -0.15) is 13.2 Å². The lowest BCUT2D eigenvalue weighted by Gasteiger charge is -2.34. The fourth-order valence-electron chi connectivity index (χ4n) is 6.98. The van der Waals surface area contributed by atoms with Crippen molar-refractivity contribution in [3.05, 3.63) is 116 Å². The summed E-state index contributed by atoms with van der Waals surface area (Å²) in [5.41, 5.74) is -3.48. The number of aliphatic hydroxyl groups is 1. The van der Waals surface area contributed by atoms with Crippen LogP contribution >= 0.6 is 0 Å². The number of likely N-dealkylation sites (tertiary alicyclic amines) is 1. The number of rotatable bonds is 7. The molecule has 286 valence electrons. The monoisotopic (exact) mass is 757 g/mol. The molecule has 54 heavy (non-hydrogen) atoms. The summed E-state index contributed by atoms with van der Waals surface area (Å²) in [6, 6.07) is 5.89. The number of aliphatic carboxylic acids is 1. The molecule has 1 amide bonds. The maximum atomic E-state index is 16.0. The molecule has 9 nitrogen and oxygen atoms in total. The molecule has 3 heterocycles. The molecule has 4 aromatic rings. The molecule has 0 saturated carbocycles. The predicted octanol–water partition coefficient (Wildman–Crippen LogP) is 6.88. The van der Waals surface area contributed by atoms with E-state index < -0.39 is 82.2 Å². The molecule has 6 rings (SSSR count). The average Bonchev–Trinajstić information content (AvgIpc) is 3.04. The van der Waals surface area contributed by atoms with Gasteiger partial charge in [0.15, 0.2) is 0 Å². The lowest BCUT2D eigenvalue weighted by atomic mass is 9.88. The first kappa shape index (κ1) is 38.6. The fourth-order valence-corrected chi connectivity index (χ4v) is 6.98. The Bertz CT molecular complexity index is 2210. The van der Waals surface area contributed by atoms with Gasteiger partial charge in [-0.25, -0.2) is 13.2 Å². The Morgan fingerprint density at radius 2 is 1.69 bits per heavy atom. The van der Waals surface area contributed by atoms with E-state index in [4.69, 9.17) is 4.74 Å². The maximum Gasteiger partial charge on any atom is 0.416 e. The van der Waals surface area contributed by atoms with Crippen LogP contribution in [0.5, 0.6) is 11.5 Å². The van der Waals surface area contributed by atoms with Crippen LogP contribution in [-0.2, 0) is 27.8 Å². The van der Waals surface area contributed by atoms with Crippen LogP contribution < -0.4 is 15.6 Å². The highest BCUT2D eigenvalue weighted by Gasteiger charge is 2.38. The minimum Gasteiger partial charge on any atom is -0.481 e. The molecule has 2 aliphatic heterocycles. The van der Waals surface area contributed by atoms with Crippen molar-refractivity contribution in [2.75, 3.05) is 19.6 Å². The van der Waals surface area contributed by atoms with E-state index >= 15 is 8.78 Å². The van der Waals surface area contributed by atoms with Gasteiger partial charge >= 0.3 is 12.1 Å². The molecule has 15 heteroatoms. The number of carboxylic acids is 1. The van der Waals surface area contributed by atoms with Gasteiger partial charge in [-0.1, -0.05) is 6.07 Å². The molecule has 3 N–H and O–H groups in total. The summed E-state index contributed by atoms with van der Waals surface area (Å²) in [7, 11) is 0. The van der Waals surface area contributed by atoms with Gasteiger partial charge in [-0.15, -0.1) is 0 Å². The zero-order valence-corrected chi connectivity index (χ0v) is 29.7. The number of carboxylic acid groups (broad SMARTS) is 1. The number of benzene rings is 3. The number of carbonyl (C=O) groups is 2. The molecular weight excluding hydrogens is 720 g/mol. The Balaban J connectivity index is 1.62. The molecule has 3 aromatic carbocycles. The SMILES string of the molecule is Cc1cc2cc(c1F)C(CC(=O)O)NC(=O)C(n1cc(CCN3CC(F)C3)c(C(F)(F)F)cc1=O)c1cc(ccc1F)Oc1cc(C(C)(C)O)cc(C)c1-2. The van der Waals surface area contributed by atoms with Crippen molar-refractivity contribution in [3.63, 3.8) is 0 Å². The summed E-state index contributed by atoms with van der Waals surface area (Å²) < 4.78 is 95.2. The number of carbonyl (C=O) groups excluding carboxylic acids is 1. The third-order valence-electron chi connectivity index (χ3n) is 9.74. The summed E-state index contributed by atoms with van der Waals surface area (Å²) in [5.74, 6) is -4.58. The number of nitrogens with one attached hydrogen (secondary N) is 1. The summed E-state index contributed by atoms with van der Waals surface area (Å²) in [5, 5.41) is 23.2. The molecule has 4 bridgehead atoms. The van der Waals surface area contributed by atoms with Crippen LogP contribution in [0, 0.1) is 25.5 Å². The van der Waals surface area contributed by atoms with Crippen molar-refractivity contribution < 1.29 is 50.9 Å². The van der Waals surface area contributed by atoms with Crippen LogP contribution in [-0.4, -0.2) is 57.4 Å². The van der Waals surface area contributed by atoms with Crippen molar-refractivity contribution in [2.45, 2.75) is 70.6 Å². The quantitative estimate of drug-likeness (QED) is 0.176. The summed E-state index contributed by atoms with van der Waals surface area (Å²) in [6.07, 6.45) is -6.54. The van der Waals surface area contributed by atoms with Crippen molar-refractivity contribution in [3.8, 4) is 22.6 Å². The Kier molecular flexibility index (Phi) is 10.2. The van der Waals surface area contributed by atoms with Crippen LogP contribution in [0.15, 0.2) is 59.5 Å². The summed E-state index contributed by atoms with van der Waals surface area (Å²) in [6.45, 7) is 6.22. The number of alkyl halides is 4. The van der Waals surface area contributed by atoms with Gasteiger partial charge in [-0.05, 0) is 98.3 Å². The zero-order valence-electron chi connectivity index (χ0n) is 29.7. The smallest absolute Gasteiger partial charge is 0.416 e. The second kappa shape index (κ2) is 14.3. The largest absolute Gasteiger partial charge is 0.481 e. The second-order valence-corrected chi connectivity index (χ2v) is 14.3.